The highest BCUT2D eigenvalue weighted by Gasteiger charge is 2.08. The van der Waals surface area contributed by atoms with Crippen LogP contribution in [0.2, 0.25) is 5.02 Å². The van der Waals surface area contributed by atoms with Gasteiger partial charge in [-0.05, 0) is 6.92 Å². The van der Waals surface area contributed by atoms with E-state index in [4.69, 9.17) is 17.3 Å². The maximum absolute atomic E-state index is 5.75. The lowest BCUT2D eigenvalue weighted by Crippen LogP contribution is -2.04. The van der Waals surface area contributed by atoms with E-state index in [1.807, 2.05) is 6.92 Å². The first-order valence-corrected chi connectivity index (χ1v) is 4.30. The van der Waals surface area contributed by atoms with Gasteiger partial charge in [0.15, 0.2) is 5.65 Å². The molecular weight excluding hydrogens is 188 g/mol. The third-order valence-corrected chi connectivity index (χ3v) is 2.04. The van der Waals surface area contributed by atoms with Crippen molar-refractivity contribution in [1.29, 1.82) is 0 Å². The summed E-state index contributed by atoms with van der Waals surface area (Å²) in [6.07, 6.45) is 5.00. The summed E-state index contributed by atoms with van der Waals surface area (Å²) in [5.41, 5.74) is 7.43. The third kappa shape index (κ3) is 1.38. The van der Waals surface area contributed by atoms with Crippen LogP contribution in [-0.4, -0.2) is 14.6 Å². The lowest BCUT2D eigenvalue weighted by Gasteiger charge is -2.00. The quantitative estimate of drug-likeness (QED) is 0.750. The lowest BCUT2D eigenvalue weighted by atomic mass is 10.2. The Morgan fingerprint density at radius 3 is 3.00 bits per heavy atom. The Morgan fingerprint density at radius 1 is 1.54 bits per heavy atom. The van der Waals surface area contributed by atoms with E-state index in [1.54, 1.807) is 23.1 Å². The molecule has 68 valence electrons. The first-order chi connectivity index (χ1) is 6.18. The highest BCUT2D eigenvalue weighted by atomic mass is 35.5. The molecular formula is C8H9ClN4. The van der Waals surface area contributed by atoms with Gasteiger partial charge in [0.1, 0.15) is 0 Å². The van der Waals surface area contributed by atoms with Crippen molar-refractivity contribution in [3.05, 3.63) is 29.2 Å². The zero-order valence-corrected chi connectivity index (χ0v) is 7.86. The van der Waals surface area contributed by atoms with Gasteiger partial charge in [0, 0.05) is 17.8 Å². The average Bonchev–Trinajstić information content (AvgIpc) is 2.46. The van der Waals surface area contributed by atoms with Crippen LogP contribution in [0.3, 0.4) is 0 Å². The molecule has 2 aromatic heterocycles. The highest BCUT2D eigenvalue weighted by molar-refractivity contribution is 6.30. The molecule has 0 aliphatic rings. The minimum atomic E-state index is -0.0637. The second kappa shape index (κ2) is 2.97. The van der Waals surface area contributed by atoms with Gasteiger partial charge in [-0.15, -0.1) is 0 Å². The van der Waals surface area contributed by atoms with Crippen molar-refractivity contribution in [2.24, 2.45) is 5.73 Å². The van der Waals surface area contributed by atoms with E-state index in [-0.39, 0.29) is 6.04 Å². The summed E-state index contributed by atoms with van der Waals surface area (Å²) in [6, 6.07) is -0.0637. The van der Waals surface area contributed by atoms with E-state index in [9.17, 15) is 0 Å². The van der Waals surface area contributed by atoms with Gasteiger partial charge in [-0.25, -0.2) is 9.50 Å². The van der Waals surface area contributed by atoms with Crippen LogP contribution in [0.1, 0.15) is 18.5 Å². The fraction of sp³-hybridized carbons (Fsp3) is 0.250. The van der Waals surface area contributed by atoms with Gasteiger partial charge in [-0.3, -0.25) is 0 Å². The van der Waals surface area contributed by atoms with Crippen LogP contribution in [0, 0.1) is 0 Å². The van der Waals surface area contributed by atoms with Crippen LogP contribution >= 0.6 is 11.6 Å². The van der Waals surface area contributed by atoms with Crippen molar-refractivity contribution >= 4 is 17.2 Å². The standard InChI is InChI=1S/C8H9ClN4/c1-5(10)7-3-12-13-4-6(9)2-11-8(7)13/h2-5H,10H2,1H3. The summed E-state index contributed by atoms with van der Waals surface area (Å²) < 4.78 is 1.63. The molecule has 0 bridgehead atoms. The Bertz CT molecular complexity index is 435. The summed E-state index contributed by atoms with van der Waals surface area (Å²) in [7, 11) is 0. The second-order valence-electron chi connectivity index (χ2n) is 2.93. The van der Waals surface area contributed by atoms with Gasteiger partial charge in [0.05, 0.1) is 17.4 Å². The normalized spacial score (nSPS) is 13.5. The van der Waals surface area contributed by atoms with Crippen LogP contribution in [0.15, 0.2) is 18.6 Å². The summed E-state index contributed by atoms with van der Waals surface area (Å²) in [5, 5.41) is 4.65. The molecule has 1 unspecified atom stereocenters. The zero-order chi connectivity index (χ0) is 9.42. The van der Waals surface area contributed by atoms with Crippen molar-refractivity contribution in [3.63, 3.8) is 0 Å². The minimum absolute atomic E-state index is 0.0637. The fourth-order valence-corrected chi connectivity index (χ4v) is 1.33. The molecule has 0 radical (unpaired) electrons. The highest BCUT2D eigenvalue weighted by Crippen LogP contribution is 2.16. The SMILES string of the molecule is CC(N)c1cnn2cc(Cl)cnc12. The predicted octanol–water partition coefficient (Wildman–Crippen LogP) is 1.40. The van der Waals surface area contributed by atoms with Crippen molar-refractivity contribution in [1.82, 2.24) is 14.6 Å². The molecule has 2 rings (SSSR count). The van der Waals surface area contributed by atoms with Crippen molar-refractivity contribution in [2.45, 2.75) is 13.0 Å². The first kappa shape index (κ1) is 8.47. The van der Waals surface area contributed by atoms with E-state index >= 15 is 0 Å². The van der Waals surface area contributed by atoms with Gasteiger partial charge in [0.2, 0.25) is 0 Å². The Hall–Kier alpha value is -1.13. The molecule has 5 heteroatoms. The molecule has 0 amide bonds. The van der Waals surface area contributed by atoms with E-state index < -0.39 is 0 Å². The summed E-state index contributed by atoms with van der Waals surface area (Å²) in [5.74, 6) is 0. The van der Waals surface area contributed by atoms with Gasteiger partial charge in [-0.1, -0.05) is 11.6 Å². The molecule has 0 fully saturated rings. The molecule has 0 aromatic carbocycles. The van der Waals surface area contributed by atoms with E-state index in [2.05, 4.69) is 10.1 Å². The maximum atomic E-state index is 5.75. The largest absolute Gasteiger partial charge is 0.324 e. The molecule has 0 aliphatic carbocycles. The zero-order valence-electron chi connectivity index (χ0n) is 7.11. The molecule has 0 aliphatic heterocycles. The number of hydrogen-bond acceptors (Lipinski definition) is 3. The molecule has 0 saturated heterocycles. The number of halogens is 1. The number of nitrogens with zero attached hydrogens (tertiary/aromatic N) is 3. The summed E-state index contributed by atoms with van der Waals surface area (Å²) in [4.78, 5) is 4.15. The first-order valence-electron chi connectivity index (χ1n) is 3.93. The van der Waals surface area contributed by atoms with Gasteiger partial charge < -0.3 is 5.73 Å². The Balaban J connectivity index is 2.69. The number of aromatic nitrogens is 3. The number of rotatable bonds is 1. The predicted molar refractivity (Wildman–Crippen MR) is 50.6 cm³/mol. The van der Waals surface area contributed by atoms with Gasteiger partial charge in [-0.2, -0.15) is 5.10 Å². The van der Waals surface area contributed by atoms with Crippen LogP contribution in [0.25, 0.3) is 5.65 Å². The van der Waals surface area contributed by atoms with E-state index in [0.29, 0.717) is 5.02 Å². The Kier molecular flexibility index (Phi) is 1.94. The molecule has 0 saturated carbocycles. The topological polar surface area (TPSA) is 56.2 Å². The molecule has 2 aromatic rings. The Labute approximate surface area is 80.3 Å². The molecule has 1 atom stereocenters. The molecule has 4 nitrogen and oxygen atoms in total. The molecule has 2 N–H and O–H groups in total. The molecule has 2 heterocycles. The van der Waals surface area contributed by atoms with E-state index in [1.165, 1.54) is 0 Å². The van der Waals surface area contributed by atoms with Crippen molar-refractivity contribution in [2.75, 3.05) is 0 Å². The second-order valence-corrected chi connectivity index (χ2v) is 3.37. The lowest BCUT2D eigenvalue weighted by molar-refractivity contribution is 0.823. The van der Waals surface area contributed by atoms with Gasteiger partial charge >= 0.3 is 0 Å². The summed E-state index contributed by atoms with van der Waals surface area (Å²) in [6.45, 7) is 1.90. The van der Waals surface area contributed by atoms with Crippen LogP contribution in [0.5, 0.6) is 0 Å². The number of hydrogen-bond donors (Lipinski definition) is 1. The fourth-order valence-electron chi connectivity index (χ4n) is 1.19. The van der Waals surface area contributed by atoms with Gasteiger partial charge in [0.25, 0.3) is 0 Å². The van der Waals surface area contributed by atoms with E-state index in [0.717, 1.165) is 11.2 Å². The average molecular weight is 197 g/mol. The summed E-state index contributed by atoms with van der Waals surface area (Å²) >= 11 is 5.75. The minimum Gasteiger partial charge on any atom is -0.324 e. The van der Waals surface area contributed by atoms with Crippen LogP contribution in [-0.2, 0) is 0 Å². The number of fused-ring (bicyclic) bond motifs is 1. The third-order valence-electron chi connectivity index (χ3n) is 1.84. The molecule has 13 heavy (non-hydrogen) atoms. The van der Waals surface area contributed by atoms with Crippen molar-refractivity contribution in [3.8, 4) is 0 Å². The Morgan fingerprint density at radius 2 is 2.31 bits per heavy atom. The smallest absolute Gasteiger partial charge is 0.159 e. The van der Waals surface area contributed by atoms with Crippen molar-refractivity contribution < 1.29 is 0 Å². The van der Waals surface area contributed by atoms with Crippen LogP contribution < -0.4 is 5.73 Å². The maximum Gasteiger partial charge on any atom is 0.159 e. The van der Waals surface area contributed by atoms with Crippen LogP contribution in [0.4, 0.5) is 0 Å². The molecule has 0 spiro atoms. The monoisotopic (exact) mass is 196 g/mol. The number of nitrogens with two attached hydrogens (primary N) is 1.